The molecular formula is C24H24N6Ru+. The number of hydrogen-bond acceptors (Lipinski definition) is 5. The number of hydrogen-bond donors (Lipinski definition) is 2. The SMILES string of the molecule is CC(=N)N.Cc1cc(-c2ccccc2)n[c-]n1.Cc1cc(-c2ccccc2)n[c-]n1.[Ru+3]. The summed E-state index contributed by atoms with van der Waals surface area (Å²) in [6.45, 7) is 5.40. The smallest absolute Gasteiger partial charge is 0.388 e. The van der Waals surface area contributed by atoms with E-state index < -0.39 is 0 Å². The van der Waals surface area contributed by atoms with Gasteiger partial charge in [0, 0.05) is 12.7 Å². The molecule has 0 aliphatic heterocycles. The second kappa shape index (κ2) is 13.8. The van der Waals surface area contributed by atoms with Gasteiger partial charge < -0.3 is 25.7 Å². The molecule has 0 saturated carbocycles. The summed E-state index contributed by atoms with van der Waals surface area (Å²) in [4.78, 5) is 16.0. The van der Waals surface area contributed by atoms with Crippen LogP contribution < -0.4 is 5.73 Å². The molecule has 0 aliphatic carbocycles. The molecule has 0 spiro atoms. The van der Waals surface area contributed by atoms with Crippen molar-refractivity contribution in [2.75, 3.05) is 0 Å². The van der Waals surface area contributed by atoms with E-state index in [-0.39, 0.29) is 25.3 Å². The number of nitrogens with two attached hydrogens (primary N) is 1. The molecule has 4 rings (SSSR count). The van der Waals surface area contributed by atoms with Gasteiger partial charge in [-0.1, -0.05) is 97.0 Å². The van der Waals surface area contributed by atoms with Crippen LogP contribution in [-0.2, 0) is 19.5 Å². The molecule has 2 heterocycles. The molecule has 0 bridgehead atoms. The molecule has 3 N–H and O–H groups in total. The Morgan fingerprint density at radius 2 is 1.03 bits per heavy atom. The first-order valence-electron chi connectivity index (χ1n) is 9.30. The van der Waals surface area contributed by atoms with E-state index in [4.69, 9.17) is 11.1 Å². The maximum Gasteiger partial charge on any atom is 3.00 e. The van der Waals surface area contributed by atoms with Gasteiger partial charge in [-0.25, -0.2) is 0 Å². The molecule has 4 aromatic rings. The summed E-state index contributed by atoms with van der Waals surface area (Å²) in [7, 11) is 0. The van der Waals surface area contributed by atoms with Crippen molar-refractivity contribution in [1.82, 2.24) is 19.9 Å². The van der Waals surface area contributed by atoms with Crippen LogP contribution >= 0.6 is 0 Å². The Balaban J connectivity index is 0.000000258. The zero-order chi connectivity index (χ0) is 21.8. The van der Waals surface area contributed by atoms with Gasteiger partial charge in [-0.15, -0.1) is 12.1 Å². The number of rotatable bonds is 2. The third-order valence-corrected chi connectivity index (χ3v) is 3.62. The van der Waals surface area contributed by atoms with E-state index in [1.54, 1.807) is 0 Å². The fraction of sp³-hybridized carbons (Fsp3) is 0.125. The molecule has 1 radical (unpaired) electrons. The molecule has 2 aromatic heterocycles. The largest absolute Gasteiger partial charge is 3.00 e. The van der Waals surface area contributed by atoms with Crippen molar-refractivity contribution in [1.29, 1.82) is 5.41 Å². The molecule has 157 valence electrons. The summed E-state index contributed by atoms with van der Waals surface area (Å²) in [5.41, 5.74) is 10.6. The third kappa shape index (κ3) is 9.83. The van der Waals surface area contributed by atoms with Crippen molar-refractivity contribution in [2.24, 2.45) is 5.73 Å². The van der Waals surface area contributed by atoms with E-state index in [2.05, 4.69) is 32.6 Å². The summed E-state index contributed by atoms with van der Waals surface area (Å²) in [5.74, 6) is 0.167. The van der Waals surface area contributed by atoms with Gasteiger partial charge in [-0.3, -0.25) is 5.41 Å². The molecule has 0 atom stereocenters. The fourth-order valence-electron chi connectivity index (χ4n) is 2.35. The van der Waals surface area contributed by atoms with E-state index in [0.717, 1.165) is 33.9 Å². The number of amidine groups is 1. The Hall–Kier alpha value is -3.31. The van der Waals surface area contributed by atoms with Crippen LogP contribution in [0.25, 0.3) is 22.5 Å². The first-order valence-corrected chi connectivity index (χ1v) is 9.30. The molecular weight excluding hydrogens is 473 g/mol. The molecule has 6 nitrogen and oxygen atoms in total. The van der Waals surface area contributed by atoms with Crippen LogP contribution in [0.1, 0.15) is 18.3 Å². The van der Waals surface area contributed by atoms with Crippen molar-refractivity contribution in [2.45, 2.75) is 20.8 Å². The average molecular weight is 498 g/mol. The summed E-state index contributed by atoms with van der Waals surface area (Å²) in [6, 6.07) is 23.9. The van der Waals surface area contributed by atoms with E-state index in [0.29, 0.717) is 0 Å². The Morgan fingerprint density at radius 1 is 0.710 bits per heavy atom. The topological polar surface area (TPSA) is 101 Å². The summed E-state index contributed by atoms with van der Waals surface area (Å²) >= 11 is 0. The number of nitrogens with one attached hydrogen (secondary N) is 1. The molecule has 0 amide bonds. The standard InChI is InChI=1S/2C11H9N2.C2H6N2.Ru/c2*1-9-7-11(13-8-12-9)10-5-3-2-4-6-10;1-2(3)4;/h2*2-7H,1H3;1H3,(H3,3,4);/q2*-1;;+3. The Kier molecular flexibility index (Phi) is 11.5. The van der Waals surface area contributed by atoms with E-state index in [1.807, 2.05) is 86.6 Å². The van der Waals surface area contributed by atoms with Crippen molar-refractivity contribution in [3.05, 3.63) is 96.8 Å². The van der Waals surface area contributed by atoms with E-state index >= 15 is 0 Å². The van der Waals surface area contributed by atoms with Gasteiger partial charge in [-0.05, 0) is 18.3 Å². The minimum atomic E-state index is 0. The van der Waals surface area contributed by atoms with Crippen molar-refractivity contribution < 1.29 is 19.5 Å². The predicted molar refractivity (Wildman–Crippen MR) is 120 cm³/mol. The normalized spacial score (nSPS) is 9.13. The molecule has 0 unspecified atom stereocenters. The van der Waals surface area contributed by atoms with Crippen LogP contribution in [0.3, 0.4) is 0 Å². The Bertz CT molecular complexity index is 971. The Morgan fingerprint density at radius 3 is 1.32 bits per heavy atom. The molecule has 31 heavy (non-hydrogen) atoms. The first-order chi connectivity index (χ1) is 14.5. The Labute approximate surface area is 196 Å². The van der Waals surface area contributed by atoms with Gasteiger partial charge in [0.1, 0.15) is 0 Å². The molecule has 0 aliphatic rings. The summed E-state index contributed by atoms with van der Waals surface area (Å²) in [6.07, 6.45) is 5.26. The van der Waals surface area contributed by atoms with Crippen LogP contribution in [0.2, 0.25) is 0 Å². The number of aryl methyl sites for hydroxylation is 2. The minimum absolute atomic E-state index is 0. The van der Waals surface area contributed by atoms with Gasteiger partial charge in [0.05, 0.1) is 5.84 Å². The molecule has 2 aromatic carbocycles. The zero-order valence-corrected chi connectivity index (χ0v) is 19.4. The minimum Gasteiger partial charge on any atom is -0.388 e. The van der Waals surface area contributed by atoms with Crippen molar-refractivity contribution in [3.8, 4) is 22.5 Å². The van der Waals surface area contributed by atoms with Gasteiger partial charge >= 0.3 is 19.5 Å². The first kappa shape index (κ1) is 25.7. The quantitative estimate of drug-likeness (QED) is 0.185. The molecule has 0 saturated heterocycles. The second-order valence-electron chi connectivity index (χ2n) is 6.40. The molecule has 0 fully saturated rings. The monoisotopic (exact) mass is 498 g/mol. The predicted octanol–water partition coefficient (Wildman–Crippen LogP) is 4.44. The summed E-state index contributed by atoms with van der Waals surface area (Å²) < 4.78 is 0. The summed E-state index contributed by atoms with van der Waals surface area (Å²) in [5, 5.41) is 6.28. The second-order valence-corrected chi connectivity index (χ2v) is 6.40. The van der Waals surface area contributed by atoms with Crippen LogP contribution in [-0.4, -0.2) is 25.8 Å². The van der Waals surface area contributed by atoms with Crippen LogP contribution in [0.15, 0.2) is 72.8 Å². The van der Waals surface area contributed by atoms with Crippen LogP contribution in [0, 0.1) is 31.9 Å². The van der Waals surface area contributed by atoms with Gasteiger partial charge in [0.2, 0.25) is 0 Å². The number of aromatic nitrogens is 4. The zero-order valence-electron chi connectivity index (χ0n) is 17.6. The number of nitrogens with zero attached hydrogens (tertiary/aromatic N) is 4. The van der Waals surface area contributed by atoms with Gasteiger partial charge in [-0.2, -0.15) is 0 Å². The van der Waals surface area contributed by atoms with Gasteiger partial charge in [0.15, 0.2) is 0 Å². The number of benzene rings is 2. The van der Waals surface area contributed by atoms with Crippen LogP contribution in [0.5, 0.6) is 0 Å². The maximum atomic E-state index is 6.28. The van der Waals surface area contributed by atoms with Crippen molar-refractivity contribution >= 4 is 5.84 Å². The van der Waals surface area contributed by atoms with E-state index in [1.165, 1.54) is 6.92 Å². The van der Waals surface area contributed by atoms with Gasteiger partial charge in [0.25, 0.3) is 0 Å². The van der Waals surface area contributed by atoms with Crippen molar-refractivity contribution in [3.63, 3.8) is 0 Å². The average Bonchev–Trinajstić information content (AvgIpc) is 2.75. The fourth-order valence-corrected chi connectivity index (χ4v) is 2.35. The maximum absolute atomic E-state index is 6.28. The third-order valence-electron chi connectivity index (χ3n) is 3.62. The van der Waals surface area contributed by atoms with E-state index in [9.17, 15) is 0 Å². The van der Waals surface area contributed by atoms with Crippen LogP contribution in [0.4, 0.5) is 0 Å². The molecule has 7 heteroatoms.